The number of ether oxygens (including phenoxy) is 3. The van der Waals surface area contributed by atoms with Crippen molar-refractivity contribution in [1.29, 1.82) is 0 Å². The van der Waals surface area contributed by atoms with E-state index in [0.717, 1.165) is 4.90 Å². The first-order valence-corrected chi connectivity index (χ1v) is 11.4. The molecule has 0 spiro atoms. The van der Waals surface area contributed by atoms with Gasteiger partial charge in [0.2, 0.25) is 0 Å². The Bertz CT molecular complexity index is 1200. The van der Waals surface area contributed by atoms with Crippen LogP contribution in [0.25, 0.3) is 6.08 Å². The van der Waals surface area contributed by atoms with E-state index in [9.17, 15) is 24.5 Å². The van der Waals surface area contributed by atoms with E-state index in [1.165, 1.54) is 39.4 Å². The Kier molecular flexibility index (Phi) is 7.94. The van der Waals surface area contributed by atoms with E-state index >= 15 is 0 Å². The largest absolute Gasteiger partial charge is 0.493 e. The van der Waals surface area contributed by atoms with Gasteiger partial charge in [-0.05, 0) is 64.0 Å². The first-order chi connectivity index (χ1) is 16.2. The molecule has 0 aliphatic carbocycles. The zero-order valence-corrected chi connectivity index (χ0v) is 20.7. The lowest BCUT2D eigenvalue weighted by Gasteiger charge is -2.18. The molecule has 1 saturated heterocycles. The van der Waals surface area contributed by atoms with E-state index in [0.29, 0.717) is 38.9 Å². The van der Waals surface area contributed by atoms with Crippen LogP contribution < -0.4 is 9.47 Å². The maximum atomic E-state index is 12.7. The molecule has 2 amide bonds. The number of rotatable bonds is 8. The highest BCUT2D eigenvalue weighted by molar-refractivity contribution is 9.10. The van der Waals surface area contributed by atoms with E-state index < -0.39 is 28.1 Å². The molecule has 12 heteroatoms. The van der Waals surface area contributed by atoms with Gasteiger partial charge >= 0.3 is 5.97 Å². The monoisotopic (exact) mass is 550 g/mol. The molecule has 1 aliphatic rings. The van der Waals surface area contributed by atoms with Crippen molar-refractivity contribution in [2.45, 2.75) is 19.6 Å². The summed E-state index contributed by atoms with van der Waals surface area (Å²) in [7, 11) is 2.62. The lowest BCUT2D eigenvalue weighted by molar-refractivity contribution is -0.384. The molecule has 1 atom stereocenters. The van der Waals surface area contributed by atoms with E-state index in [1.54, 1.807) is 24.3 Å². The smallest absolute Gasteiger partial charge is 0.328 e. The summed E-state index contributed by atoms with van der Waals surface area (Å²) in [5, 5.41) is 10.4. The van der Waals surface area contributed by atoms with Crippen LogP contribution in [-0.4, -0.2) is 47.2 Å². The summed E-state index contributed by atoms with van der Waals surface area (Å²) >= 11 is 4.13. The lowest BCUT2D eigenvalue weighted by atomic mass is 10.1. The molecular formula is C22H19BrN2O8S. The second-order valence-corrected chi connectivity index (χ2v) is 8.85. The maximum absolute atomic E-state index is 12.7. The summed E-state index contributed by atoms with van der Waals surface area (Å²) in [6.45, 7) is 1.47. The molecule has 0 radical (unpaired) electrons. The third kappa shape index (κ3) is 5.39. The van der Waals surface area contributed by atoms with Gasteiger partial charge in [0.25, 0.3) is 16.8 Å². The minimum atomic E-state index is -1.05. The number of nitrogens with zero attached hydrogens (tertiary/aromatic N) is 2. The topological polar surface area (TPSA) is 125 Å². The van der Waals surface area contributed by atoms with Crippen molar-refractivity contribution >= 4 is 56.6 Å². The highest BCUT2D eigenvalue weighted by atomic mass is 79.9. The van der Waals surface area contributed by atoms with Crippen LogP contribution in [-0.2, 0) is 20.9 Å². The number of esters is 1. The number of hydrogen-bond acceptors (Lipinski definition) is 9. The highest BCUT2D eigenvalue weighted by Crippen LogP contribution is 2.40. The minimum Gasteiger partial charge on any atom is -0.493 e. The standard InChI is InChI=1S/C22H19BrN2O8S/c1-12(21(27)32-3)24-20(26)18(34-22(24)28)10-14-8-16(23)19(17(9-14)31-2)33-11-13-5-4-6-15(7-13)25(29)30/h4-10,12H,11H2,1-3H3/b18-10+/t12-/m1/s1. The molecule has 1 heterocycles. The van der Waals surface area contributed by atoms with Crippen molar-refractivity contribution in [2.24, 2.45) is 0 Å². The van der Waals surface area contributed by atoms with Crippen molar-refractivity contribution in [3.63, 3.8) is 0 Å². The number of benzene rings is 2. The van der Waals surface area contributed by atoms with Crippen LogP contribution in [0.4, 0.5) is 10.5 Å². The van der Waals surface area contributed by atoms with E-state index in [-0.39, 0.29) is 17.2 Å². The van der Waals surface area contributed by atoms with Crippen LogP contribution in [0.2, 0.25) is 0 Å². The van der Waals surface area contributed by atoms with Crippen molar-refractivity contribution in [1.82, 2.24) is 4.90 Å². The molecule has 0 N–H and O–H groups in total. The predicted octanol–water partition coefficient (Wildman–Crippen LogP) is 4.54. The summed E-state index contributed by atoms with van der Waals surface area (Å²) in [6, 6.07) is 8.32. The SMILES string of the molecule is COC(=O)[C@@H](C)N1C(=O)S/C(=C/c2cc(Br)c(OCc3cccc([N+](=O)[O-])c3)c(OC)c2)C1=O. The first kappa shape index (κ1) is 25.2. The Hall–Kier alpha value is -3.38. The van der Waals surface area contributed by atoms with Crippen LogP contribution in [0, 0.1) is 10.1 Å². The number of nitro benzene ring substituents is 1. The highest BCUT2D eigenvalue weighted by Gasteiger charge is 2.41. The van der Waals surface area contributed by atoms with Gasteiger partial charge in [-0.2, -0.15) is 0 Å². The maximum Gasteiger partial charge on any atom is 0.328 e. The molecule has 2 aromatic carbocycles. The summed E-state index contributed by atoms with van der Waals surface area (Å²) in [6.07, 6.45) is 1.51. The summed E-state index contributed by atoms with van der Waals surface area (Å²) in [4.78, 5) is 48.3. The van der Waals surface area contributed by atoms with Gasteiger partial charge in [-0.3, -0.25) is 24.6 Å². The van der Waals surface area contributed by atoms with Gasteiger partial charge in [-0.15, -0.1) is 0 Å². The van der Waals surface area contributed by atoms with Gasteiger partial charge in [0.1, 0.15) is 12.6 Å². The van der Waals surface area contributed by atoms with Gasteiger partial charge in [0, 0.05) is 12.1 Å². The molecule has 1 fully saturated rings. The van der Waals surface area contributed by atoms with E-state index in [1.807, 2.05) is 0 Å². The quantitative estimate of drug-likeness (QED) is 0.201. The van der Waals surface area contributed by atoms with E-state index in [2.05, 4.69) is 20.7 Å². The number of nitro groups is 1. The van der Waals surface area contributed by atoms with E-state index in [4.69, 9.17) is 9.47 Å². The molecule has 3 rings (SSSR count). The second-order valence-electron chi connectivity index (χ2n) is 7.00. The predicted molar refractivity (Wildman–Crippen MR) is 127 cm³/mol. The zero-order chi connectivity index (χ0) is 25.0. The number of imide groups is 1. The molecule has 0 unspecified atom stereocenters. The molecule has 2 aromatic rings. The number of hydrogen-bond donors (Lipinski definition) is 0. The molecule has 178 valence electrons. The molecule has 10 nitrogen and oxygen atoms in total. The van der Waals surface area contributed by atoms with Gasteiger partial charge in [-0.25, -0.2) is 4.79 Å². The van der Waals surface area contributed by atoms with Crippen LogP contribution in [0.3, 0.4) is 0 Å². The van der Waals surface area contributed by atoms with Crippen LogP contribution in [0.15, 0.2) is 45.8 Å². The van der Waals surface area contributed by atoms with Gasteiger partial charge < -0.3 is 14.2 Å². The molecule has 0 aromatic heterocycles. The van der Waals surface area contributed by atoms with Crippen molar-refractivity contribution in [3.8, 4) is 11.5 Å². The third-order valence-electron chi connectivity index (χ3n) is 4.81. The van der Waals surface area contributed by atoms with Gasteiger partial charge in [0.05, 0.1) is 28.5 Å². The summed E-state index contributed by atoms with van der Waals surface area (Å²) < 4.78 is 16.4. The number of carbonyl (C=O) groups is 3. The summed E-state index contributed by atoms with van der Waals surface area (Å²) in [5.41, 5.74) is 1.10. The normalized spacial score (nSPS) is 15.4. The zero-order valence-electron chi connectivity index (χ0n) is 18.3. The van der Waals surface area contributed by atoms with Crippen molar-refractivity contribution in [2.75, 3.05) is 14.2 Å². The Morgan fingerprint density at radius 1 is 1.26 bits per heavy atom. The number of carbonyl (C=O) groups excluding carboxylic acids is 3. The third-order valence-corrected chi connectivity index (χ3v) is 6.28. The fraction of sp³-hybridized carbons (Fsp3) is 0.227. The number of halogens is 1. The molecule has 34 heavy (non-hydrogen) atoms. The first-order valence-electron chi connectivity index (χ1n) is 9.74. The fourth-order valence-electron chi connectivity index (χ4n) is 3.12. The van der Waals surface area contributed by atoms with Crippen molar-refractivity contribution < 1.29 is 33.5 Å². The van der Waals surface area contributed by atoms with Gasteiger partial charge in [-0.1, -0.05) is 12.1 Å². The Labute approximate surface area is 207 Å². The van der Waals surface area contributed by atoms with Crippen LogP contribution >= 0.6 is 27.7 Å². The number of non-ortho nitro benzene ring substituents is 1. The van der Waals surface area contributed by atoms with Crippen molar-refractivity contribution in [3.05, 3.63) is 67.0 Å². The van der Waals surface area contributed by atoms with Crippen LogP contribution in [0.5, 0.6) is 11.5 Å². The lowest BCUT2D eigenvalue weighted by Crippen LogP contribution is -2.42. The molecule has 1 aliphatic heterocycles. The number of methoxy groups -OCH3 is 2. The average Bonchev–Trinajstić information content (AvgIpc) is 3.09. The number of amides is 2. The minimum absolute atomic E-state index is 0.0436. The molecule has 0 saturated carbocycles. The Morgan fingerprint density at radius 2 is 2.00 bits per heavy atom. The van der Waals surface area contributed by atoms with Gasteiger partial charge in [0.15, 0.2) is 11.5 Å². The fourth-order valence-corrected chi connectivity index (χ4v) is 4.60. The van der Waals surface area contributed by atoms with Crippen LogP contribution in [0.1, 0.15) is 18.1 Å². The Balaban J connectivity index is 1.83. The second kappa shape index (κ2) is 10.7. The summed E-state index contributed by atoms with van der Waals surface area (Å²) in [5.74, 6) is -0.598. The molecular weight excluding hydrogens is 532 g/mol. The Morgan fingerprint density at radius 3 is 2.65 bits per heavy atom. The average molecular weight is 551 g/mol. The molecule has 0 bridgehead atoms. The number of thioether (sulfide) groups is 1.